The van der Waals surface area contributed by atoms with Gasteiger partial charge in [0.2, 0.25) is 0 Å². The minimum atomic E-state index is -0.166. The molecule has 10 heteroatoms. The van der Waals surface area contributed by atoms with Crippen LogP contribution in [-0.4, -0.2) is 53.9 Å². The Morgan fingerprint density at radius 3 is 2.64 bits per heavy atom. The maximum Gasteiger partial charge on any atom is 0.260 e. The summed E-state index contributed by atoms with van der Waals surface area (Å²) in [6, 6.07) is 7.42. The summed E-state index contributed by atoms with van der Waals surface area (Å²) in [7, 11) is 0. The Kier molecular flexibility index (Phi) is 12.8. The molecule has 1 aromatic carbocycles. The van der Waals surface area contributed by atoms with Gasteiger partial charge in [-0.05, 0) is 56.2 Å². The molecule has 0 aliphatic rings. The van der Waals surface area contributed by atoms with E-state index in [9.17, 15) is 4.79 Å². The average Bonchev–Trinajstić information content (AvgIpc) is 2.98. The zero-order valence-electron chi connectivity index (χ0n) is 14.0. The van der Waals surface area contributed by atoms with Gasteiger partial charge in [-0.15, -0.1) is 29.9 Å². The largest absolute Gasteiger partial charge is 0.385 e. The molecule has 142 valence electrons. The van der Waals surface area contributed by atoms with E-state index in [1.807, 2.05) is 24.3 Å². The highest BCUT2D eigenvalue weighted by Gasteiger charge is 2.06. The third-order valence-corrected chi connectivity index (χ3v) is 3.30. The third kappa shape index (κ3) is 8.35. The number of fused-ring (bicyclic) bond motifs is 1. The molecule has 0 radical (unpaired) electrons. The van der Waals surface area contributed by atoms with Gasteiger partial charge in [0.15, 0.2) is 6.61 Å². The third-order valence-electron chi connectivity index (χ3n) is 3.30. The Labute approximate surface area is 159 Å². The SMILES string of the molecule is Cl.Cl.NCCCNCCCCNC(=O)COn1nnc2ccccc21. The highest BCUT2D eigenvalue weighted by molar-refractivity contribution is 5.85. The first-order valence-corrected chi connectivity index (χ1v) is 7.92. The van der Waals surface area contributed by atoms with Crippen LogP contribution >= 0.6 is 24.8 Å². The lowest BCUT2D eigenvalue weighted by molar-refractivity contribution is -0.126. The smallest absolute Gasteiger partial charge is 0.260 e. The van der Waals surface area contributed by atoms with Crippen molar-refractivity contribution in [3.05, 3.63) is 24.3 Å². The Balaban J connectivity index is 0.00000288. The van der Waals surface area contributed by atoms with E-state index >= 15 is 0 Å². The number of nitrogens with two attached hydrogens (primary N) is 1. The molecule has 0 atom stereocenters. The van der Waals surface area contributed by atoms with Gasteiger partial charge in [-0.25, -0.2) is 0 Å². The summed E-state index contributed by atoms with van der Waals surface area (Å²) < 4.78 is 0. The Morgan fingerprint density at radius 1 is 1.12 bits per heavy atom. The maximum absolute atomic E-state index is 11.7. The first kappa shape index (κ1) is 23.4. The Bertz CT molecular complexity index is 610. The summed E-state index contributed by atoms with van der Waals surface area (Å²) in [5.41, 5.74) is 6.88. The standard InChI is InChI=1S/C15H24N6O2.2ClH/c16-8-5-10-17-9-3-4-11-18-15(22)12-23-21-14-7-2-1-6-13(14)19-20-21;;/h1-2,6-7,17H,3-5,8-12,16H2,(H,18,22);2*1H. The lowest BCUT2D eigenvalue weighted by Gasteiger charge is -2.07. The molecule has 0 saturated carbocycles. The minimum Gasteiger partial charge on any atom is -0.385 e. The number of unbranched alkanes of at least 4 members (excludes halogenated alkanes) is 1. The lowest BCUT2D eigenvalue weighted by Crippen LogP contribution is -2.33. The number of rotatable bonds is 11. The number of nitrogens with zero attached hydrogens (tertiary/aromatic N) is 3. The van der Waals surface area contributed by atoms with E-state index in [1.165, 1.54) is 4.85 Å². The van der Waals surface area contributed by atoms with Crippen LogP contribution in [0.4, 0.5) is 0 Å². The zero-order chi connectivity index (χ0) is 16.3. The highest BCUT2D eigenvalue weighted by Crippen LogP contribution is 2.07. The molecule has 0 saturated heterocycles. The number of aromatic nitrogens is 3. The molecule has 0 spiro atoms. The van der Waals surface area contributed by atoms with Gasteiger partial charge >= 0.3 is 0 Å². The van der Waals surface area contributed by atoms with Crippen molar-refractivity contribution in [2.75, 3.05) is 32.8 Å². The van der Waals surface area contributed by atoms with Crippen LogP contribution in [0.3, 0.4) is 0 Å². The minimum absolute atomic E-state index is 0. The fraction of sp³-hybridized carbons (Fsp3) is 0.533. The van der Waals surface area contributed by atoms with E-state index < -0.39 is 0 Å². The van der Waals surface area contributed by atoms with Crippen molar-refractivity contribution in [2.24, 2.45) is 5.73 Å². The maximum atomic E-state index is 11.7. The van der Waals surface area contributed by atoms with Crippen LogP contribution in [0.5, 0.6) is 0 Å². The predicted octanol–water partition coefficient (Wildman–Crippen LogP) is 0.538. The van der Waals surface area contributed by atoms with Crippen molar-refractivity contribution >= 4 is 41.8 Å². The fourth-order valence-corrected chi connectivity index (χ4v) is 2.07. The molecule has 2 aromatic rings. The van der Waals surface area contributed by atoms with E-state index in [-0.39, 0.29) is 37.3 Å². The summed E-state index contributed by atoms with van der Waals surface area (Å²) >= 11 is 0. The van der Waals surface area contributed by atoms with Crippen LogP contribution in [0.15, 0.2) is 24.3 Å². The number of amides is 1. The number of benzene rings is 1. The van der Waals surface area contributed by atoms with Crippen molar-refractivity contribution in [3.8, 4) is 0 Å². The summed E-state index contributed by atoms with van der Waals surface area (Å²) in [6.45, 7) is 3.16. The van der Waals surface area contributed by atoms with E-state index in [0.717, 1.165) is 43.4 Å². The average molecular weight is 393 g/mol. The van der Waals surface area contributed by atoms with Gasteiger partial charge in [-0.3, -0.25) is 4.79 Å². The van der Waals surface area contributed by atoms with Crippen LogP contribution in [0.2, 0.25) is 0 Å². The predicted molar refractivity (Wildman–Crippen MR) is 102 cm³/mol. The monoisotopic (exact) mass is 392 g/mol. The Hall–Kier alpha value is -1.61. The highest BCUT2D eigenvalue weighted by atomic mass is 35.5. The van der Waals surface area contributed by atoms with Crippen LogP contribution in [0.25, 0.3) is 11.0 Å². The van der Waals surface area contributed by atoms with Crippen LogP contribution < -0.4 is 21.2 Å². The van der Waals surface area contributed by atoms with Crippen molar-refractivity contribution in [2.45, 2.75) is 19.3 Å². The second kappa shape index (κ2) is 13.7. The van der Waals surface area contributed by atoms with E-state index in [2.05, 4.69) is 20.9 Å². The van der Waals surface area contributed by atoms with E-state index in [0.29, 0.717) is 13.1 Å². The van der Waals surface area contributed by atoms with Gasteiger partial charge in [-0.2, -0.15) is 0 Å². The van der Waals surface area contributed by atoms with Crippen LogP contribution in [0, 0.1) is 0 Å². The van der Waals surface area contributed by atoms with Crippen LogP contribution in [0.1, 0.15) is 19.3 Å². The van der Waals surface area contributed by atoms with Gasteiger partial charge in [0, 0.05) is 6.54 Å². The normalized spacial score (nSPS) is 9.96. The number of hydrogen-bond donors (Lipinski definition) is 3. The molecule has 1 heterocycles. The van der Waals surface area contributed by atoms with E-state index in [1.54, 1.807) is 0 Å². The number of nitrogens with one attached hydrogen (secondary N) is 2. The van der Waals surface area contributed by atoms with Crippen molar-refractivity contribution in [1.82, 2.24) is 25.8 Å². The molecule has 0 fully saturated rings. The first-order chi connectivity index (χ1) is 11.3. The Morgan fingerprint density at radius 2 is 1.84 bits per heavy atom. The molecule has 4 N–H and O–H groups in total. The summed E-state index contributed by atoms with van der Waals surface area (Å²) in [6.07, 6.45) is 2.93. The number of para-hydroxylation sites is 1. The van der Waals surface area contributed by atoms with E-state index in [4.69, 9.17) is 10.6 Å². The number of carbonyl (C=O) groups is 1. The molecule has 0 aliphatic carbocycles. The van der Waals surface area contributed by atoms with Crippen molar-refractivity contribution in [3.63, 3.8) is 0 Å². The van der Waals surface area contributed by atoms with Gasteiger partial charge in [0.25, 0.3) is 5.91 Å². The molecular weight excluding hydrogens is 367 g/mol. The molecule has 1 aromatic heterocycles. The molecule has 25 heavy (non-hydrogen) atoms. The number of hydrogen-bond acceptors (Lipinski definition) is 6. The quantitative estimate of drug-likeness (QED) is 0.481. The van der Waals surface area contributed by atoms with Crippen molar-refractivity contribution < 1.29 is 9.63 Å². The van der Waals surface area contributed by atoms with Gasteiger partial charge in [0.05, 0.1) is 0 Å². The topological polar surface area (TPSA) is 107 Å². The fourth-order valence-electron chi connectivity index (χ4n) is 2.07. The first-order valence-electron chi connectivity index (χ1n) is 7.92. The lowest BCUT2D eigenvalue weighted by atomic mass is 10.3. The molecule has 0 unspecified atom stereocenters. The second-order valence-corrected chi connectivity index (χ2v) is 5.17. The molecule has 2 rings (SSSR count). The summed E-state index contributed by atoms with van der Waals surface area (Å²) in [5.74, 6) is -0.166. The molecule has 0 aliphatic heterocycles. The molecule has 1 amide bonds. The van der Waals surface area contributed by atoms with Gasteiger partial charge in [0.1, 0.15) is 11.0 Å². The summed E-state index contributed by atoms with van der Waals surface area (Å²) in [5, 5.41) is 13.9. The number of halogens is 2. The number of carbonyl (C=O) groups excluding carboxylic acids is 1. The van der Waals surface area contributed by atoms with Crippen LogP contribution in [-0.2, 0) is 4.79 Å². The summed E-state index contributed by atoms with van der Waals surface area (Å²) in [4.78, 5) is 18.3. The molecule has 8 nitrogen and oxygen atoms in total. The van der Waals surface area contributed by atoms with Gasteiger partial charge < -0.3 is 21.2 Å². The molecular formula is C15H26Cl2N6O2. The van der Waals surface area contributed by atoms with Crippen molar-refractivity contribution in [1.29, 1.82) is 0 Å². The second-order valence-electron chi connectivity index (χ2n) is 5.17. The zero-order valence-corrected chi connectivity index (χ0v) is 15.7. The molecule has 0 bridgehead atoms. The van der Waals surface area contributed by atoms with Gasteiger partial charge in [-0.1, -0.05) is 17.0 Å².